The van der Waals surface area contributed by atoms with Gasteiger partial charge in [0.2, 0.25) is 0 Å². The highest BCUT2D eigenvalue weighted by atomic mass is 19.2. The van der Waals surface area contributed by atoms with Crippen molar-refractivity contribution in [2.45, 2.75) is 57.3 Å². The van der Waals surface area contributed by atoms with E-state index in [0.717, 1.165) is 69.6 Å². The molecule has 0 aromatic heterocycles. The lowest BCUT2D eigenvalue weighted by atomic mass is 9.68. The van der Waals surface area contributed by atoms with Crippen molar-refractivity contribution >= 4 is 11.9 Å². The van der Waals surface area contributed by atoms with Gasteiger partial charge in [0.15, 0.2) is 17.5 Å². The second kappa shape index (κ2) is 10.8. The summed E-state index contributed by atoms with van der Waals surface area (Å²) in [7, 11) is 0. The summed E-state index contributed by atoms with van der Waals surface area (Å²) in [5.41, 5.74) is 0.542. The van der Waals surface area contributed by atoms with E-state index in [-0.39, 0.29) is 31.0 Å². The van der Waals surface area contributed by atoms with Gasteiger partial charge in [0.05, 0.1) is 5.92 Å². The number of benzene rings is 1. The summed E-state index contributed by atoms with van der Waals surface area (Å²) in [5.74, 6) is -3.41. The lowest BCUT2D eigenvalue weighted by Crippen LogP contribution is -2.29. The summed E-state index contributed by atoms with van der Waals surface area (Å²) in [6.07, 6.45) is 8.16. The van der Waals surface area contributed by atoms with Gasteiger partial charge < -0.3 is 9.47 Å². The largest absolute Gasteiger partial charge is 0.462 e. The smallest absolute Gasteiger partial charge is 0.330 e. The second-order valence-corrected chi connectivity index (χ2v) is 8.56. The van der Waals surface area contributed by atoms with Crippen LogP contribution in [0, 0.1) is 35.2 Å². The Kier molecular flexibility index (Phi) is 8.15. The number of carbonyl (C=O) groups excluding carboxylic acids is 2. The van der Waals surface area contributed by atoms with Gasteiger partial charge in [0.25, 0.3) is 0 Å². The van der Waals surface area contributed by atoms with Crippen molar-refractivity contribution in [2.75, 3.05) is 13.2 Å². The van der Waals surface area contributed by atoms with Crippen LogP contribution in [-0.2, 0) is 19.1 Å². The summed E-state index contributed by atoms with van der Waals surface area (Å²) in [6.45, 7) is 3.37. The Morgan fingerprint density at radius 3 is 1.94 bits per heavy atom. The van der Waals surface area contributed by atoms with Gasteiger partial charge in [-0.25, -0.2) is 18.0 Å². The van der Waals surface area contributed by atoms with Crippen LogP contribution in [0.15, 0.2) is 24.8 Å². The normalized spacial score (nSPS) is 26.2. The molecule has 170 valence electrons. The van der Waals surface area contributed by atoms with Gasteiger partial charge in [0.1, 0.15) is 13.2 Å². The monoisotopic (exact) mass is 438 g/mol. The summed E-state index contributed by atoms with van der Waals surface area (Å²) in [6, 6.07) is 2.25. The first-order valence-corrected chi connectivity index (χ1v) is 11.0. The molecule has 0 heterocycles. The highest BCUT2D eigenvalue weighted by Gasteiger charge is 2.34. The molecule has 7 heteroatoms. The van der Waals surface area contributed by atoms with E-state index in [0.29, 0.717) is 17.4 Å². The fraction of sp³-hybridized carbons (Fsp3) is 0.583. The zero-order chi connectivity index (χ0) is 22.4. The number of halogens is 3. The quantitative estimate of drug-likeness (QED) is 0.246. The minimum atomic E-state index is -1.41. The van der Waals surface area contributed by atoms with E-state index in [9.17, 15) is 22.8 Å². The van der Waals surface area contributed by atoms with Crippen molar-refractivity contribution < 1.29 is 32.2 Å². The second-order valence-electron chi connectivity index (χ2n) is 8.56. The van der Waals surface area contributed by atoms with Crippen molar-refractivity contribution in [3.05, 3.63) is 47.8 Å². The summed E-state index contributed by atoms with van der Waals surface area (Å²) in [5, 5.41) is 0. The molecule has 31 heavy (non-hydrogen) atoms. The average molecular weight is 438 g/mol. The van der Waals surface area contributed by atoms with Gasteiger partial charge in [-0.1, -0.05) is 6.58 Å². The fourth-order valence-corrected chi connectivity index (χ4v) is 5.02. The number of carbonyl (C=O) groups is 2. The van der Waals surface area contributed by atoms with Crippen molar-refractivity contribution in [3.63, 3.8) is 0 Å². The van der Waals surface area contributed by atoms with Crippen molar-refractivity contribution in [1.82, 2.24) is 0 Å². The third-order valence-electron chi connectivity index (χ3n) is 6.76. The molecule has 2 aliphatic carbocycles. The molecule has 0 aliphatic heterocycles. The Labute approximate surface area is 180 Å². The predicted octanol–water partition coefficient (Wildman–Crippen LogP) is 5.46. The van der Waals surface area contributed by atoms with Crippen molar-refractivity contribution in [3.8, 4) is 0 Å². The van der Waals surface area contributed by atoms with Crippen LogP contribution < -0.4 is 0 Å². The van der Waals surface area contributed by atoms with Crippen LogP contribution in [0.5, 0.6) is 0 Å². The average Bonchev–Trinajstić information content (AvgIpc) is 2.79. The molecule has 1 aromatic rings. The first-order valence-electron chi connectivity index (χ1n) is 11.0. The zero-order valence-corrected chi connectivity index (χ0v) is 17.6. The standard InChI is InChI=1S/C24H29F3O4/c1-2-22(28)30-11-12-31-24(29)18-9-7-16(8-10-18)15-3-5-17(6-4-15)19-13-20(25)23(27)21(26)14-19/h2,13-18H,1,3-12H2. The van der Waals surface area contributed by atoms with Gasteiger partial charge in [-0.05, 0) is 86.8 Å². The molecule has 0 atom stereocenters. The van der Waals surface area contributed by atoms with Crippen LogP contribution in [0.4, 0.5) is 13.2 Å². The first kappa shape index (κ1) is 23.4. The van der Waals surface area contributed by atoms with E-state index in [1.54, 1.807) is 0 Å². The molecule has 0 radical (unpaired) electrons. The minimum absolute atomic E-state index is 0.0248. The van der Waals surface area contributed by atoms with Crippen LogP contribution >= 0.6 is 0 Å². The lowest BCUT2D eigenvalue weighted by molar-refractivity contribution is -0.154. The molecule has 0 saturated heterocycles. The Balaban J connectivity index is 1.39. The molecule has 2 aliphatic rings. The molecule has 0 bridgehead atoms. The SMILES string of the molecule is C=CC(=O)OCCOC(=O)C1CCC(C2CCC(c3cc(F)c(F)c(F)c3)CC2)CC1. The molecule has 4 nitrogen and oxygen atoms in total. The maximum absolute atomic E-state index is 13.5. The minimum Gasteiger partial charge on any atom is -0.462 e. The van der Waals surface area contributed by atoms with E-state index in [4.69, 9.17) is 9.47 Å². The molecule has 2 fully saturated rings. The summed E-state index contributed by atoms with van der Waals surface area (Å²) in [4.78, 5) is 23.2. The molecule has 0 unspecified atom stereocenters. The number of esters is 2. The lowest BCUT2D eigenvalue weighted by Gasteiger charge is -2.37. The van der Waals surface area contributed by atoms with E-state index in [2.05, 4.69) is 6.58 Å². The van der Waals surface area contributed by atoms with Gasteiger partial charge >= 0.3 is 11.9 Å². The fourth-order valence-electron chi connectivity index (χ4n) is 5.02. The van der Waals surface area contributed by atoms with Gasteiger partial charge in [-0.2, -0.15) is 0 Å². The van der Waals surface area contributed by atoms with Gasteiger partial charge in [0, 0.05) is 6.08 Å². The Morgan fingerprint density at radius 1 is 0.871 bits per heavy atom. The zero-order valence-electron chi connectivity index (χ0n) is 17.6. The number of rotatable bonds is 7. The topological polar surface area (TPSA) is 52.6 Å². The van der Waals surface area contributed by atoms with E-state index in [1.807, 2.05) is 0 Å². The van der Waals surface area contributed by atoms with Crippen LogP contribution in [0.25, 0.3) is 0 Å². The molecule has 2 saturated carbocycles. The predicted molar refractivity (Wildman–Crippen MR) is 109 cm³/mol. The number of hydrogen-bond acceptors (Lipinski definition) is 4. The summed E-state index contributed by atoms with van der Waals surface area (Å²) < 4.78 is 50.3. The Hall–Kier alpha value is -2.31. The van der Waals surface area contributed by atoms with Crippen LogP contribution in [0.2, 0.25) is 0 Å². The van der Waals surface area contributed by atoms with Crippen LogP contribution in [0.3, 0.4) is 0 Å². The summed E-state index contributed by atoms with van der Waals surface area (Å²) >= 11 is 0. The van der Waals surface area contributed by atoms with Gasteiger partial charge in [-0.15, -0.1) is 0 Å². The van der Waals surface area contributed by atoms with Crippen LogP contribution in [0.1, 0.15) is 62.8 Å². The third kappa shape index (κ3) is 6.11. The van der Waals surface area contributed by atoms with Gasteiger partial charge in [-0.3, -0.25) is 4.79 Å². The van der Waals surface area contributed by atoms with E-state index < -0.39 is 23.4 Å². The highest BCUT2D eigenvalue weighted by molar-refractivity contribution is 5.81. The highest BCUT2D eigenvalue weighted by Crippen LogP contribution is 2.44. The van der Waals surface area contributed by atoms with Crippen molar-refractivity contribution in [2.24, 2.45) is 17.8 Å². The Morgan fingerprint density at radius 2 is 1.39 bits per heavy atom. The maximum Gasteiger partial charge on any atom is 0.330 e. The maximum atomic E-state index is 13.5. The molecule has 0 spiro atoms. The molecular formula is C24H29F3O4. The Bertz CT molecular complexity index is 771. The van der Waals surface area contributed by atoms with Crippen LogP contribution in [-0.4, -0.2) is 25.2 Å². The van der Waals surface area contributed by atoms with Crippen molar-refractivity contribution in [1.29, 1.82) is 0 Å². The molecule has 1 aromatic carbocycles. The molecule has 3 rings (SSSR count). The molecule has 0 amide bonds. The van der Waals surface area contributed by atoms with E-state index >= 15 is 0 Å². The third-order valence-corrected chi connectivity index (χ3v) is 6.76. The number of hydrogen-bond donors (Lipinski definition) is 0. The molecular weight excluding hydrogens is 409 g/mol. The number of ether oxygens (including phenoxy) is 2. The first-order chi connectivity index (χ1) is 14.9. The van der Waals surface area contributed by atoms with E-state index in [1.165, 1.54) is 0 Å². The molecule has 0 N–H and O–H groups in total.